The van der Waals surface area contributed by atoms with Gasteiger partial charge in [0.2, 0.25) is 0 Å². The summed E-state index contributed by atoms with van der Waals surface area (Å²) in [5.74, 6) is 3.41. The van der Waals surface area contributed by atoms with Crippen LogP contribution in [0.5, 0.6) is 0 Å². The van der Waals surface area contributed by atoms with Gasteiger partial charge in [0.1, 0.15) is 0 Å². The van der Waals surface area contributed by atoms with E-state index in [4.69, 9.17) is 11.6 Å². The van der Waals surface area contributed by atoms with E-state index in [-0.39, 0.29) is 5.41 Å². The number of aromatic nitrogens is 1. The Balaban J connectivity index is 1.61. The highest BCUT2D eigenvalue weighted by molar-refractivity contribution is 6.32. The molecule has 1 aromatic heterocycles. The highest BCUT2D eigenvalue weighted by Crippen LogP contribution is 2.68. The molecule has 2 heteroatoms. The molecule has 30 heavy (non-hydrogen) atoms. The van der Waals surface area contributed by atoms with Gasteiger partial charge in [-0.15, -0.1) is 0 Å². The average molecular weight is 410 g/mol. The Hall–Kier alpha value is -2.25. The first-order chi connectivity index (χ1) is 14.7. The zero-order chi connectivity index (χ0) is 19.6. The van der Waals surface area contributed by atoms with Gasteiger partial charge in [-0.2, -0.15) is 0 Å². The fraction of sp³-hybridized carbons (Fsp3) is 0.357. The Labute approximate surface area is 181 Å². The molecular weight excluding hydrogens is 386 g/mol. The van der Waals surface area contributed by atoms with E-state index in [1.165, 1.54) is 65.2 Å². The normalized spacial score (nSPS) is 33.0. The molecule has 4 aromatic rings. The third kappa shape index (κ3) is 1.72. The minimum atomic E-state index is 0.136. The van der Waals surface area contributed by atoms with E-state index >= 15 is 0 Å². The van der Waals surface area contributed by atoms with Gasteiger partial charge in [-0.3, -0.25) is 0 Å². The molecule has 2 heterocycles. The van der Waals surface area contributed by atoms with E-state index < -0.39 is 0 Å². The summed E-state index contributed by atoms with van der Waals surface area (Å²) >= 11 is 6.85. The lowest BCUT2D eigenvalue weighted by atomic mass is 9.41. The molecule has 4 saturated carbocycles. The van der Waals surface area contributed by atoms with Gasteiger partial charge in [-0.25, -0.2) is 0 Å². The lowest BCUT2D eigenvalue weighted by molar-refractivity contribution is -0.0418. The van der Waals surface area contributed by atoms with Gasteiger partial charge in [0.25, 0.3) is 0 Å². The van der Waals surface area contributed by atoms with Crippen molar-refractivity contribution < 1.29 is 0 Å². The smallest absolute Gasteiger partial charge is 0.0583 e. The Morgan fingerprint density at radius 3 is 2.23 bits per heavy atom. The van der Waals surface area contributed by atoms with Crippen molar-refractivity contribution in [2.45, 2.75) is 37.5 Å². The Bertz CT molecular complexity index is 1350. The molecule has 4 fully saturated rings. The molecule has 0 saturated heterocycles. The minimum absolute atomic E-state index is 0.136. The molecule has 0 amide bonds. The number of hydrogen-bond acceptors (Lipinski definition) is 0. The van der Waals surface area contributed by atoms with E-state index in [9.17, 15) is 0 Å². The Kier molecular flexibility index (Phi) is 2.92. The summed E-state index contributed by atoms with van der Waals surface area (Å²) < 4.78 is 2.54. The zero-order valence-electron chi connectivity index (χ0n) is 16.9. The molecule has 1 spiro atoms. The summed E-state index contributed by atoms with van der Waals surface area (Å²) in [6.07, 6.45) is 7.08. The van der Waals surface area contributed by atoms with E-state index in [1.807, 2.05) is 0 Å². The third-order valence-electron chi connectivity index (χ3n) is 9.20. The number of rotatable bonds is 0. The van der Waals surface area contributed by atoms with Crippen LogP contribution in [0.25, 0.3) is 27.5 Å². The third-order valence-corrected chi connectivity index (χ3v) is 9.41. The van der Waals surface area contributed by atoms with Gasteiger partial charge in [-0.1, -0.05) is 48.0 Å². The lowest BCUT2D eigenvalue weighted by Crippen LogP contribution is -2.57. The number of fused-ring (bicyclic) bond motifs is 5. The van der Waals surface area contributed by atoms with Crippen LogP contribution >= 0.6 is 11.6 Å². The van der Waals surface area contributed by atoms with Gasteiger partial charge in [0.05, 0.1) is 16.7 Å². The van der Waals surface area contributed by atoms with Crippen LogP contribution in [0.1, 0.15) is 43.2 Å². The lowest BCUT2D eigenvalue weighted by Gasteiger charge is -2.63. The van der Waals surface area contributed by atoms with Gasteiger partial charge >= 0.3 is 0 Å². The number of para-hydroxylation sites is 2. The van der Waals surface area contributed by atoms with Crippen molar-refractivity contribution in [3.8, 4) is 5.69 Å². The molecule has 5 aliphatic rings. The van der Waals surface area contributed by atoms with Crippen molar-refractivity contribution in [3.05, 3.63) is 76.8 Å². The fourth-order valence-electron chi connectivity index (χ4n) is 8.60. The first-order valence-electron chi connectivity index (χ1n) is 11.6. The second-order valence-electron chi connectivity index (χ2n) is 10.4. The van der Waals surface area contributed by atoms with Crippen molar-refractivity contribution in [2.75, 3.05) is 0 Å². The fourth-order valence-corrected chi connectivity index (χ4v) is 8.82. The van der Waals surface area contributed by atoms with Crippen molar-refractivity contribution >= 4 is 33.4 Å². The summed E-state index contributed by atoms with van der Waals surface area (Å²) in [5, 5.41) is 3.55. The van der Waals surface area contributed by atoms with Crippen LogP contribution in [0.3, 0.4) is 0 Å². The minimum Gasteiger partial charge on any atom is -0.309 e. The molecule has 148 valence electrons. The maximum absolute atomic E-state index is 6.85. The van der Waals surface area contributed by atoms with E-state index in [1.54, 1.807) is 5.56 Å². The van der Waals surface area contributed by atoms with Crippen molar-refractivity contribution in [3.63, 3.8) is 0 Å². The maximum Gasteiger partial charge on any atom is 0.0583 e. The largest absolute Gasteiger partial charge is 0.309 e. The zero-order valence-corrected chi connectivity index (χ0v) is 17.7. The summed E-state index contributed by atoms with van der Waals surface area (Å²) in [7, 11) is 0. The summed E-state index contributed by atoms with van der Waals surface area (Å²) in [5.41, 5.74) is 7.36. The van der Waals surface area contributed by atoms with Crippen LogP contribution in [0, 0.1) is 23.7 Å². The highest BCUT2D eigenvalue weighted by atomic mass is 35.5. The number of halogens is 1. The van der Waals surface area contributed by atoms with E-state index in [0.29, 0.717) is 0 Å². The number of nitrogens with zero attached hydrogens (tertiary/aromatic N) is 1. The molecule has 0 N–H and O–H groups in total. The Morgan fingerprint density at radius 2 is 1.43 bits per heavy atom. The second-order valence-corrected chi connectivity index (χ2v) is 10.8. The van der Waals surface area contributed by atoms with Gasteiger partial charge in [-0.05, 0) is 91.2 Å². The summed E-state index contributed by atoms with van der Waals surface area (Å²) in [4.78, 5) is 0. The van der Waals surface area contributed by atoms with E-state index in [2.05, 4.69) is 65.2 Å². The van der Waals surface area contributed by atoms with Crippen LogP contribution in [-0.4, -0.2) is 4.57 Å². The standard InChI is InChI=1S/C28H24ClN/c29-20-14-22-21-5-1-3-7-25(21)30-26-8-4-2-6-23(26)28(24(15-20)27(22)30)18-10-16-9-17(12-18)13-19(28)11-16/h1-8,14-19H,9-13H2. The predicted molar refractivity (Wildman–Crippen MR) is 124 cm³/mol. The quantitative estimate of drug-likeness (QED) is 0.283. The van der Waals surface area contributed by atoms with Crippen LogP contribution in [0.2, 0.25) is 5.02 Å². The van der Waals surface area contributed by atoms with Crippen LogP contribution < -0.4 is 0 Å². The SMILES string of the molecule is Clc1cc2c3c(c1)c1ccccc1n3-c1ccccc1C21C2CC3CC(C2)CC1C3. The summed E-state index contributed by atoms with van der Waals surface area (Å²) in [6.45, 7) is 0. The van der Waals surface area contributed by atoms with Gasteiger partial charge in [0.15, 0.2) is 0 Å². The molecule has 4 aliphatic carbocycles. The van der Waals surface area contributed by atoms with E-state index in [0.717, 1.165) is 28.7 Å². The molecule has 9 rings (SSSR count). The van der Waals surface area contributed by atoms with Gasteiger partial charge < -0.3 is 4.57 Å². The first-order valence-corrected chi connectivity index (χ1v) is 12.0. The molecule has 1 nitrogen and oxygen atoms in total. The number of benzene rings is 3. The van der Waals surface area contributed by atoms with Gasteiger partial charge in [0, 0.05) is 21.2 Å². The first kappa shape index (κ1) is 16.4. The summed E-state index contributed by atoms with van der Waals surface area (Å²) in [6, 6.07) is 22.7. The molecule has 0 atom stereocenters. The van der Waals surface area contributed by atoms with Crippen LogP contribution in [0.15, 0.2) is 60.7 Å². The Morgan fingerprint density at radius 1 is 0.733 bits per heavy atom. The molecule has 1 aliphatic heterocycles. The molecule has 4 bridgehead atoms. The van der Waals surface area contributed by atoms with Crippen molar-refractivity contribution in [1.82, 2.24) is 4.57 Å². The monoisotopic (exact) mass is 409 g/mol. The predicted octanol–water partition coefficient (Wildman–Crippen LogP) is 7.49. The van der Waals surface area contributed by atoms with Crippen molar-refractivity contribution in [1.29, 1.82) is 0 Å². The van der Waals surface area contributed by atoms with Crippen LogP contribution in [-0.2, 0) is 5.41 Å². The second kappa shape index (κ2) is 5.32. The topological polar surface area (TPSA) is 4.93 Å². The molecule has 0 unspecified atom stereocenters. The maximum atomic E-state index is 6.85. The molecule has 0 radical (unpaired) electrons. The number of hydrogen-bond donors (Lipinski definition) is 0. The average Bonchev–Trinajstić information content (AvgIpc) is 3.08. The highest BCUT2D eigenvalue weighted by Gasteiger charge is 2.60. The van der Waals surface area contributed by atoms with Crippen molar-refractivity contribution in [2.24, 2.45) is 23.7 Å². The molecule has 3 aromatic carbocycles. The van der Waals surface area contributed by atoms with Crippen LogP contribution in [0.4, 0.5) is 0 Å². The molecular formula is C28H24ClN.